The second kappa shape index (κ2) is 8.27. The maximum Gasteiger partial charge on any atom is 0.411 e. The van der Waals surface area contributed by atoms with Gasteiger partial charge in [-0.15, -0.1) is 0 Å². The summed E-state index contributed by atoms with van der Waals surface area (Å²) >= 11 is 1.56. The van der Waals surface area contributed by atoms with E-state index in [1.54, 1.807) is 11.8 Å². The SMILES string of the molecule is CSCC[C@@H](C(=O)O)N1C(=O)O[C@H](c2ccccc2)[C@@H]1c1ccccc1. The predicted octanol–water partition coefficient (Wildman–Crippen LogP) is 4.13. The smallest absolute Gasteiger partial charge is 0.411 e. The third-order valence-electron chi connectivity index (χ3n) is 4.51. The van der Waals surface area contributed by atoms with E-state index in [1.807, 2.05) is 66.9 Å². The maximum atomic E-state index is 12.7. The van der Waals surface area contributed by atoms with Gasteiger partial charge >= 0.3 is 12.1 Å². The standard InChI is InChI=1S/C20H21NO4S/c1-26-13-12-16(19(22)23)21-17(14-8-4-2-5-9-14)18(25-20(21)24)15-10-6-3-7-11-15/h2-11,16-18H,12-13H2,1H3,(H,22,23)/t16-,17-,18+/m0/s1. The molecule has 3 rings (SSSR count). The van der Waals surface area contributed by atoms with Gasteiger partial charge in [0.15, 0.2) is 6.10 Å². The van der Waals surface area contributed by atoms with Crippen molar-refractivity contribution in [1.29, 1.82) is 0 Å². The van der Waals surface area contributed by atoms with Crippen LogP contribution in [0.5, 0.6) is 0 Å². The Labute approximate surface area is 157 Å². The molecule has 1 saturated heterocycles. The summed E-state index contributed by atoms with van der Waals surface area (Å²) < 4.78 is 5.66. The third-order valence-corrected chi connectivity index (χ3v) is 5.15. The molecule has 26 heavy (non-hydrogen) atoms. The van der Waals surface area contributed by atoms with E-state index in [4.69, 9.17) is 4.74 Å². The number of rotatable bonds is 7. The first-order valence-electron chi connectivity index (χ1n) is 8.44. The van der Waals surface area contributed by atoms with Gasteiger partial charge in [-0.1, -0.05) is 60.7 Å². The molecule has 2 aromatic carbocycles. The van der Waals surface area contributed by atoms with Crippen molar-refractivity contribution in [3.8, 4) is 0 Å². The lowest BCUT2D eigenvalue weighted by molar-refractivity contribution is -0.142. The molecule has 3 atom stereocenters. The molecule has 1 aliphatic rings. The minimum absolute atomic E-state index is 0.371. The lowest BCUT2D eigenvalue weighted by atomic mass is 9.94. The van der Waals surface area contributed by atoms with Gasteiger partial charge in [0.25, 0.3) is 0 Å². The Bertz CT molecular complexity index is 753. The summed E-state index contributed by atoms with van der Waals surface area (Å²) in [7, 11) is 0. The molecule has 1 fully saturated rings. The molecule has 0 aliphatic carbocycles. The van der Waals surface area contributed by atoms with Crippen LogP contribution in [0.25, 0.3) is 0 Å². The number of ether oxygens (including phenoxy) is 1. The molecule has 1 N–H and O–H groups in total. The molecule has 6 heteroatoms. The summed E-state index contributed by atoms with van der Waals surface area (Å²) in [4.78, 5) is 26.0. The van der Waals surface area contributed by atoms with Crippen LogP contribution in [0.4, 0.5) is 4.79 Å². The maximum absolute atomic E-state index is 12.7. The number of carboxylic acid groups (broad SMARTS) is 1. The average Bonchev–Trinajstić information content (AvgIpc) is 3.00. The number of nitrogens with zero attached hydrogens (tertiary/aromatic N) is 1. The van der Waals surface area contributed by atoms with Crippen LogP contribution in [0, 0.1) is 0 Å². The van der Waals surface area contributed by atoms with Gasteiger partial charge in [0.05, 0.1) is 0 Å². The van der Waals surface area contributed by atoms with E-state index in [1.165, 1.54) is 4.90 Å². The van der Waals surface area contributed by atoms with Crippen molar-refractivity contribution in [3.05, 3.63) is 71.8 Å². The molecule has 0 radical (unpaired) electrons. The first-order chi connectivity index (χ1) is 12.6. The molecule has 5 nitrogen and oxygen atoms in total. The predicted molar refractivity (Wildman–Crippen MR) is 101 cm³/mol. The van der Waals surface area contributed by atoms with E-state index in [9.17, 15) is 14.7 Å². The molecule has 0 spiro atoms. The zero-order chi connectivity index (χ0) is 18.5. The Morgan fingerprint density at radius 3 is 2.23 bits per heavy atom. The highest BCUT2D eigenvalue weighted by Gasteiger charge is 2.48. The minimum Gasteiger partial charge on any atom is -0.480 e. The summed E-state index contributed by atoms with van der Waals surface area (Å²) in [6.07, 6.45) is 1.17. The van der Waals surface area contributed by atoms with Crippen LogP contribution in [0.15, 0.2) is 60.7 Å². The zero-order valence-corrected chi connectivity index (χ0v) is 15.3. The lowest BCUT2D eigenvalue weighted by Gasteiger charge is -2.30. The largest absolute Gasteiger partial charge is 0.480 e. The van der Waals surface area contributed by atoms with Gasteiger partial charge in [0.2, 0.25) is 0 Å². The van der Waals surface area contributed by atoms with E-state index in [-0.39, 0.29) is 0 Å². The monoisotopic (exact) mass is 371 g/mol. The average molecular weight is 371 g/mol. The zero-order valence-electron chi connectivity index (χ0n) is 14.4. The Balaban J connectivity index is 2.03. The molecule has 136 valence electrons. The summed E-state index contributed by atoms with van der Waals surface area (Å²) in [5.74, 6) is -0.358. The molecular weight excluding hydrogens is 350 g/mol. The minimum atomic E-state index is -1.01. The van der Waals surface area contributed by atoms with Gasteiger partial charge in [-0.3, -0.25) is 4.90 Å². The summed E-state index contributed by atoms with van der Waals surface area (Å²) in [5, 5.41) is 9.74. The first-order valence-corrected chi connectivity index (χ1v) is 9.83. The highest BCUT2D eigenvalue weighted by Crippen LogP contribution is 2.44. The molecule has 0 unspecified atom stereocenters. The van der Waals surface area contributed by atoms with Gasteiger partial charge in [0.1, 0.15) is 12.1 Å². The molecule has 0 saturated carbocycles. The third kappa shape index (κ3) is 3.70. The Morgan fingerprint density at radius 1 is 1.12 bits per heavy atom. The van der Waals surface area contributed by atoms with Crippen molar-refractivity contribution in [2.45, 2.75) is 24.6 Å². The molecular formula is C20H21NO4S. The fraction of sp³-hybridized carbons (Fsp3) is 0.300. The van der Waals surface area contributed by atoms with Crippen LogP contribution in [0.3, 0.4) is 0 Å². The Kier molecular flexibility index (Phi) is 5.83. The van der Waals surface area contributed by atoms with Gasteiger partial charge in [-0.2, -0.15) is 11.8 Å². The van der Waals surface area contributed by atoms with Crippen molar-refractivity contribution in [1.82, 2.24) is 4.90 Å². The summed E-state index contributed by atoms with van der Waals surface area (Å²) in [6.45, 7) is 0. The molecule has 0 bridgehead atoms. The van der Waals surface area contributed by atoms with Gasteiger partial charge in [-0.05, 0) is 29.6 Å². The fourth-order valence-electron chi connectivity index (χ4n) is 3.30. The van der Waals surface area contributed by atoms with Crippen molar-refractivity contribution in [2.75, 3.05) is 12.0 Å². The number of hydrogen-bond acceptors (Lipinski definition) is 4. The topological polar surface area (TPSA) is 66.8 Å². The van der Waals surface area contributed by atoms with Crippen LogP contribution in [-0.2, 0) is 9.53 Å². The van der Waals surface area contributed by atoms with Crippen molar-refractivity contribution >= 4 is 23.8 Å². The number of hydrogen-bond donors (Lipinski definition) is 1. The number of amides is 1. The van der Waals surface area contributed by atoms with Crippen molar-refractivity contribution in [3.63, 3.8) is 0 Å². The van der Waals surface area contributed by atoms with Crippen LogP contribution < -0.4 is 0 Å². The van der Waals surface area contributed by atoms with Crippen LogP contribution in [-0.4, -0.2) is 40.1 Å². The van der Waals surface area contributed by atoms with Gasteiger partial charge < -0.3 is 9.84 Å². The summed E-state index contributed by atoms with van der Waals surface area (Å²) in [5.41, 5.74) is 1.72. The van der Waals surface area contributed by atoms with Crippen LogP contribution >= 0.6 is 11.8 Å². The second-order valence-corrected chi connectivity index (χ2v) is 7.10. The number of aliphatic carboxylic acids is 1. The number of thioether (sulfide) groups is 1. The fourth-order valence-corrected chi connectivity index (χ4v) is 3.76. The van der Waals surface area contributed by atoms with E-state index in [2.05, 4.69) is 0 Å². The number of carboxylic acids is 1. The number of carbonyl (C=O) groups excluding carboxylic acids is 1. The van der Waals surface area contributed by atoms with Crippen molar-refractivity contribution < 1.29 is 19.4 Å². The number of cyclic esters (lactones) is 1. The quantitative estimate of drug-likeness (QED) is 0.793. The second-order valence-electron chi connectivity index (χ2n) is 6.11. The normalized spacial score (nSPS) is 20.7. The lowest BCUT2D eigenvalue weighted by Crippen LogP contribution is -2.43. The summed E-state index contributed by atoms with van der Waals surface area (Å²) in [6, 6.07) is 17.5. The van der Waals surface area contributed by atoms with E-state index in [0.717, 1.165) is 11.1 Å². The van der Waals surface area contributed by atoms with Crippen LogP contribution in [0.1, 0.15) is 29.7 Å². The van der Waals surface area contributed by atoms with E-state index >= 15 is 0 Å². The van der Waals surface area contributed by atoms with Crippen LogP contribution in [0.2, 0.25) is 0 Å². The molecule has 1 amide bonds. The van der Waals surface area contributed by atoms with E-state index in [0.29, 0.717) is 12.2 Å². The van der Waals surface area contributed by atoms with Gasteiger partial charge in [-0.25, -0.2) is 9.59 Å². The first kappa shape index (κ1) is 18.3. The molecule has 2 aromatic rings. The Hall–Kier alpha value is -2.47. The highest BCUT2D eigenvalue weighted by molar-refractivity contribution is 7.98. The number of benzene rings is 2. The molecule has 1 heterocycles. The molecule has 1 aliphatic heterocycles. The Morgan fingerprint density at radius 2 is 1.69 bits per heavy atom. The van der Waals surface area contributed by atoms with Crippen molar-refractivity contribution in [2.24, 2.45) is 0 Å². The number of carbonyl (C=O) groups is 2. The van der Waals surface area contributed by atoms with E-state index < -0.39 is 30.3 Å². The molecule has 0 aromatic heterocycles. The highest BCUT2D eigenvalue weighted by atomic mass is 32.2. The van der Waals surface area contributed by atoms with Gasteiger partial charge in [0, 0.05) is 0 Å².